The van der Waals surface area contributed by atoms with Gasteiger partial charge in [-0.2, -0.15) is 0 Å². The molecule has 1 aromatic carbocycles. The summed E-state index contributed by atoms with van der Waals surface area (Å²) in [6.45, 7) is -0.268. The first-order valence-electron chi connectivity index (χ1n) is 5.80. The lowest BCUT2D eigenvalue weighted by molar-refractivity contribution is -0.142. The number of hydrogen-bond acceptors (Lipinski definition) is 3. The van der Waals surface area contributed by atoms with Crippen molar-refractivity contribution >= 4 is 11.9 Å². The first kappa shape index (κ1) is 14.2. The Morgan fingerprint density at radius 2 is 1.89 bits per heavy atom. The zero-order valence-corrected chi connectivity index (χ0v) is 10.0. The Morgan fingerprint density at radius 3 is 2.44 bits per heavy atom. The molecule has 98 valence electrons. The summed E-state index contributed by atoms with van der Waals surface area (Å²) in [4.78, 5) is 22.3. The fraction of sp³-hybridized carbons (Fsp3) is 0.385. The first-order valence-corrected chi connectivity index (χ1v) is 5.80. The minimum Gasteiger partial charge on any atom is -0.480 e. The van der Waals surface area contributed by atoms with Crippen molar-refractivity contribution in [2.24, 2.45) is 0 Å². The normalized spacial score (nSPS) is 11.8. The van der Waals surface area contributed by atoms with Crippen LogP contribution in [0.4, 0.5) is 0 Å². The Hall–Kier alpha value is -1.88. The molecule has 0 saturated carbocycles. The third kappa shape index (κ3) is 4.97. The van der Waals surface area contributed by atoms with Crippen LogP contribution >= 0.6 is 0 Å². The Labute approximate surface area is 105 Å². The van der Waals surface area contributed by atoms with Gasteiger partial charge in [0.1, 0.15) is 6.04 Å². The van der Waals surface area contributed by atoms with Gasteiger partial charge in [0.2, 0.25) is 5.91 Å². The summed E-state index contributed by atoms with van der Waals surface area (Å²) in [5, 5.41) is 19.9. The van der Waals surface area contributed by atoms with Crippen LogP contribution in [0.3, 0.4) is 0 Å². The van der Waals surface area contributed by atoms with Gasteiger partial charge in [0, 0.05) is 19.4 Å². The number of carbonyl (C=O) groups excluding carboxylic acids is 1. The number of carboxylic acids is 1. The molecule has 18 heavy (non-hydrogen) atoms. The van der Waals surface area contributed by atoms with Gasteiger partial charge in [-0.3, -0.25) is 4.79 Å². The van der Waals surface area contributed by atoms with E-state index in [1.165, 1.54) is 0 Å². The maximum absolute atomic E-state index is 11.5. The van der Waals surface area contributed by atoms with Crippen LogP contribution < -0.4 is 5.32 Å². The van der Waals surface area contributed by atoms with E-state index in [-0.39, 0.29) is 25.4 Å². The summed E-state index contributed by atoms with van der Waals surface area (Å²) in [5.41, 5.74) is 1.03. The summed E-state index contributed by atoms with van der Waals surface area (Å²) in [6, 6.07) is 8.48. The summed E-state index contributed by atoms with van der Waals surface area (Å²) in [6.07, 6.45) is 0.823. The average Bonchev–Trinajstić information content (AvgIpc) is 2.37. The predicted octanol–water partition coefficient (Wildman–Crippen LogP) is 0.571. The molecule has 0 aliphatic carbocycles. The zero-order valence-electron chi connectivity index (χ0n) is 10.0. The van der Waals surface area contributed by atoms with Crippen LogP contribution in [0.5, 0.6) is 0 Å². The molecule has 5 heteroatoms. The lowest BCUT2D eigenvalue weighted by Gasteiger charge is -2.13. The summed E-state index contributed by atoms with van der Waals surface area (Å²) < 4.78 is 0. The van der Waals surface area contributed by atoms with Crippen molar-refractivity contribution in [1.82, 2.24) is 5.32 Å². The van der Waals surface area contributed by atoms with E-state index < -0.39 is 12.0 Å². The number of hydrogen-bond donors (Lipinski definition) is 3. The van der Waals surface area contributed by atoms with E-state index in [2.05, 4.69) is 5.32 Å². The second kappa shape index (κ2) is 7.45. The van der Waals surface area contributed by atoms with E-state index >= 15 is 0 Å². The van der Waals surface area contributed by atoms with Crippen molar-refractivity contribution in [2.45, 2.75) is 25.3 Å². The molecule has 3 N–H and O–H groups in total. The lowest BCUT2D eigenvalue weighted by atomic mass is 10.1. The number of benzene rings is 1. The standard InChI is InChI=1S/C13H17NO4/c15-9-8-11(13(17)18)14-12(16)7-6-10-4-2-1-3-5-10/h1-5,11,15H,6-9H2,(H,14,16)(H,17,18). The number of aliphatic carboxylic acids is 1. The van der Waals surface area contributed by atoms with Gasteiger partial charge in [-0.05, 0) is 12.0 Å². The van der Waals surface area contributed by atoms with Gasteiger partial charge in [-0.1, -0.05) is 30.3 Å². The van der Waals surface area contributed by atoms with Crippen LogP contribution in [-0.4, -0.2) is 34.7 Å². The van der Waals surface area contributed by atoms with Crippen LogP contribution in [0.2, 0.25) is 0 Å². The fourth-order valence-corrected chi connectivity index (χ4v) is 1.56. The third-order valence-electron chi connectivity index (χ3n) is 2.53. The van der Waals surface area contributed by atoms with Crippen LogP contribution in [0.15, 0.2) is 30.3 Å². The molecule has 0 aromatic heterocycles. The van der Waals surface area contributed by atoms with Crippen molar-refractivity contribution in [3.8, 4) is 0 Å². The average molecular weight is 251 g/mol. The van der Waals surface area contributed by atoms with Crippen LogP contribution in [0, 0.1) is 0 Å². The fourth-order valence-electron chi connectivity index (χ4n) is 1.56. The monoisotopic (exact) mass is 251 g/mol. The largest absolute Gasteiger partial charge is 0.480 e. The number of carboxylic acid groups (broad SMARTS) is 1. The highest BCUT2D eigenvalue weighted by Gasteiger charge is 2.18. The highest BCUT2D eigenvalue weighted by atomic mass is 16.4. The SMILES string of the molecule is O=C(CCc1ccccc1)NC(CCO)C(=O)O. The molecule has 0 fully saturated rings. The molecule has 0 aliphatic rings. The number of rotatable bonds is 7. The quantitative estimate of drug-likeness (QED) is 0.661. The molecule has 1 amide bonds. The second-order valence-corrected chi connectivity index (χ2v) is 3.96. The first-order chi connectivity index (χ1) is 8.63. The summed E-state index contributed by atoms with van der Waals surface area (Å²) in [7, 11) is 0. The van der Waals surface area contributed by atoms with Crippen molar-refractivity contribution in [1.29, 1.82) is 0 Å². The Bertz CT molecular complexity index is 391. The molecular weight excluding hydrogens is 234 g/mol. The molecule has 0 radical (unpaired) electrons. The third-order valence-corrected chi connectivity index (χ3v) is 2.53. The van der Waals surface area contributed by atoms with Crippen molar-refractivity contribution < 1.29 is 19.8 Å². The van der Waals surface area contributed by atoms with Gasteiger partial charge in [0.05, 0.1) is 0 Å². The van der Waals surface area contributed by atoms with Gasteiger partial charge >= 0.3 is 5.97 Å². The minimum absolute atomic E-state index is 0.0202. The number of aliphatic hydroxyl groups excluding tert-OH is 1. The molecular formula is C13H17NO4. The number of nitrogens with one attached hydrogen (secondary N) is 1. The molecule has 0 spiro atoms. The van der Waals surface area contributed by atoms with Gasteiger partial charge in [-0.15, -0.1) is 0 Å². The minimum atomic E-state index is -1.13. The zero-order chi connectivity index (χ0) is 13.4. The molecule has 0 aliphatic heterocycles. The van der Waals surface area contributed by atoms with Crippen molar-refractivity contribution in [3.63, 3.8) is 0 Å². The van der Waals surface area contributed by atoms with Crippen molar-refractivity contribution in [2.75, 3.05) is 6.61 Å². The Kier molecular flexibility index (Phi) is 5.87. The molecule has 1 unspecified atom stereocenters. The Balaban J connectivity index is 2.39. The molecule has 0 bridgehead atoms. The Morgan fingerprint density at radius 1 is 1.22 bits per heavy atom. The summed E-state index contributed by atoms with van der Waals surface area (Å²) >= 11 is 0. The van der Waals surface area contributed by atoms with Crippen LogP contribution in [-0.2, 0) is 16.0 Å². The van der Waals surface area contributed by atoms with E-state index in [1.807, 2.05) is 30.3 Å². The molecule has 0 heterocycles. The van der Waals surface area contributed by atoms with E-state index in [0.717, 1.165) is 5.56 Å². The van der Waals surface area contributed by atoms with Gasteiger partial charge < -0.3 is 15.5 Å². The predicted molar refractivity (Wildman–Crippen MR) is 66.0 cm³/mol. The van der Waals surface area contributed by atoms with Crippen molar-refractivity contribution in [3.05, 3.63) is 35.9 Å². The van der Waals surface area contributed by atoms with E-state index in [1.54, 1.807) is 0 Å². The topological polar surface area (TPSA) is 86.6 Å². The molecule has 1 aromatic rings. The number of aliphatic hydroxyl groups is 1. The van der Waals surface area contributed by atoms with Crippen LogP contribution in [0.25, 0.3) is 0 Å². The van der Waals surface area contributed by atoms with E-state index in [0.29, 0.717) is 6.42 Å². The maximum Gasteiger partial charge on any atom is 0.326 e. The number of aryl methyl sites for hydroxylation is 1. The van der Waals surface area contributed by atoms with Crippen LogP contribution in [0.1, 0.15) is 18.4 Å². The van der Waals surface area contributed by atoms with Gasteiger partial charge in [-0.25, -0.2) is 4.79 Å². The lowest BCUT2D eigenvalue weighted by Crippen LogP contribution is -2.41. The van der Waals surface area contributed by atoms with E-state index in [4.69, 9.17) is 10.2 Å². The number of amides is 1. The summed E-state index contributed by atoms with van der Waals surface area (Å²) in [5.74, 6) is -1.45. The van der Waals surface area contributed by atoms with Gasteiger partial charge in [0.25, 0.3) is 0 Å². The highest BCUT2D eigenvalue weighted by molar-refractivity contribution is 5.83. The van der Waals surface area contributed by atoms with Gasteiger partial charge in [0.15, 0.2) is 0 Å². The highest BCUT2D eigenvalue weighted by Crippen LogP contribution is 2.02. The molecule has 0 saturated heterocycles. The smallest absolute Gasteiger partial charge is 0.326 e. The molecule has 5 nitrogen and oxygen atoms in total. The molecule has 1 rings (SSSR count). The number of carbonyl (C=O) groups is 2. The second-order valence-electron chi connectivity index (χ2n) is 3.96. The van der Waals surface area contributed by atoms with E-state index in [9.17, 15) is 9.59 Å². The maximum atomic E-state index is 11.5. The molecule has 1 atom stereocenters.